The standard InChI is InChI=1S/C38H52N2O3/c1-24-18-32-34(40(22-24)17-16-39-33(42)11-8-25-6-4-3-5-7-25)31-21-37-23-36(37)20-30-28(29(36)13-15-38(31,37)43-32)10-9-26-19-27(41)12-14-35(26,30)2/h3-7,9,24,27-32,34,41H,8,10-23H2,1-2H3,(H,39,42)/t24-,27-,28?,29-,30-,31+,32+,34-,35-,36?,37?,38+/m0/s1. The smallest absolute Gasteiger partial charge is 0.220 e. The molecule has 0 aromatic heterocycles. The van der Waals surface area contributed by atoms with Crippen molar-refractivity contribution in [2.75, 3.05) is 19.6 Å². The number of fused-ring (bicyclic) bond motifs is 6. The highest BCUT2D eigenvalue weighted by atomic mass is 16.5. The van der Waals surface area contributed by atoms with Crippen LogP contribution in [0.3, 0.4) is 0 Å². The highest BCUT2D eigenvalue weighted by Crippen LogP contribution is 2.93. The summed E-state index contributed by atoms with van der Waals surface area (Å²) in [5.74, 6) is 4.04. The lowest BCUT2D eigenvalue weighted by molar-refractivity contribution is -0.211. The second kappa shape index (κ2) is 9.42. The van der Waals surface area contributed by atoms with E-state index >= 15 is 0 Å². The molecule has 3 unspecified atom stereocenters. The Kier molecular flexibility index (Phi) is 6.05. The first kappa shape index (κ1) is 27.6. The predicted octanol–water partition coefficient (Wildman–Crippen LogP) is 5.91. The number of allylic oxidation sites excluding steroid dienone is 1. The summed E-state index contributed by atoms with van der Waals surface area (Å²) < 4.78 is 7.44. The molecule has 9 rings (SSSR count). The van der Waals surface area contributed by atoms with Gasteiger partial charge in [0.2, 0.25) is 5.91 Å². The second-order valence-electron chi connectivity index (χ2n) is 16.8. The summed E-state index contributed by atoms with van der Waals surface area (Å²) in [6, 6.07) is 10.9. The van der Waals surface area contributed by atoms with E-state index in [1.165, 1.54) is 56.9 Å². The van der Waals surface area contributed by atoms with Crippen LogP contribution in [0.1, 0.15) is 90.0 Å². The summed E-state index contributed by atoms with van der Waals surface area (Å²) in [6.45, 7) is 7.81. The molecule has 2 heterocycles. The zero-order valence-corrected chi connectivity index (χ0v) is 26.4. The number of hydrogen-bond acceptors (Lipinski definition) is 4. The van der Waals surface area contributed by atoms with Gasteiger partial charge in [-0.3, -0.25) is 9.69 Å². The molecule has 12 atom stereocenters. The third kappa shape index (κ3) is 3.65. The normalized spacial score (nSPS) is 50.4. The maximum absolute atomic E-state index is 12.7. The van der Waals surface area contributed by atoms with Crippen LogP contribution in [-0.2, 0) is 16.0 Å². The highest BCUT2D eigenvalue weighted by molar-refractivity contribution is 5.76. The fourth-order valence-corrected chi connectivity index (χ4v) is 13.5. The molecule has 3 spiro atoms. The van der Waals surface area contributed by atoms with Gasteiger partial charge in [-0.2, -0.15) is 0 Å². The zero-order valence-electron chi connectivity index (χ0n) is 26.4. The average molecular weight is 585 g/mol. The van der Waals surface area contributed by atoms with Crippen molar-refractivity contribution in [1.29, 1.82) is 0 Å². The monoisotopic (exact) mass is 584 g/mol. The van der Waals surface area contributed by atoms with Gasteiger partial charge in [0.25, 0.3) is 0 Å². The minimum Gasteiger partial charge on any atom is -0.393 e. The number of carbonyl (C=O) groups excluding carboxylic acids is 1. The van der Waals surface area contributed by atoms with Gasteiger partial charge in [-0.15, -0.1) is 0 Å². The van der Waals surface area contributed by atoms with Crippen LogP contribution in [0.15, 0.2) is 42.0 Å². The Morgan fingerprint density at radius 3 is 2.84 bits per heavy atom. The van der Waals surface area contributed by atoms with Gasteiger partial charge in [-0.25, -0.2) is 0 Å². The lowest BCUT2D eigenvalue weighted by Gasteiger charge is -2.60. The van der Waals surface area contributed by atoms with Crippen molar-refractivity contribution in [3.05, 3.63) is 47.5 Å². The van der Waals surface area contributed by atoms with Crippen LogP contribution in [0.25, 0.3) is 0 Å². The molecule has 8 aliphatic rings. The highest BCUT2D eigenvalue weighted by Gasteiger charge is 2.91. The van der Waals surface area contributed by atoms with E-state index in [9.17, 15) is 9.90 Å². The Bertz CT molecular complexity index is 1330. The number of likely N-dealkylation sites (tertiary alicyclic amines) is 1. The Morgan fingerprint density at radius 2 is 1.98 bits per heavy atom. The maximum atomic E-state index is 12.7. The molecule has 2 saturated heterocycles. The van der Waals surface area contributed by atoms with Crippen LogP contribution in [0.5, 0.6) is 0 Å². The molecule has 2 N–H and O–H groups in total. The Hall–Kier alpha value is -1.69. The SMILES string of the molecule is C[C@H]1C[C@H]2O[C@@]34CC[C@H]5C6CC=C7C[C@@H](O)CC[C@]7(C)[C@H]6CC56CC63C[C@@H]4[C@@H]2N(CCNC(=O)CCc2ccccc2)C1. The Labute approximate surface area is 258 Å². The van der Waals surface area contributed by atoms with Crippen molar-refractivity contribution >= 4 is 5.91 Å². The number of amides is 1. The topological polar surface area (TPSA) is 61.8 Å². The van der Waals surface area contributed by atoms with Crippen LogP contribution < -0.4 is 5.32 Å². The molecule has 7 fully saturated rings. The second-order valence-corrected chi connectivity index (χ2v) is 16.8. The van der Waals surface area contributed by atoms with Crippen LogP contribution >= 0.6 is 0 Å². The average Bonchev–Trinajstić information content (AvgIpc) is 3.48. The van der Waals surface area contributed by atoms with Crippen molar-refractivity contribution in [1.82, 2.24) is 10.2 Å². The van der Waals surface area contributed by atoms with Gasteiger partial charge in [0.15, 0.2) is 0 Å². The summed E-state index contributed by atoms with van der Waals surface area (Å²) >= 11 is 0. The number of aliphatic hydroxyl groups excluding tert-OH is 1. The van der Waals surface area contributed by atoms with E-state index in [4.69, 9.17) is 4.74 Å². The van der Waals surface area contributed by atoms with Gasteiger partial charge in [0, 0.05) is 43.4 Å². The van der Waals surface area contributed by atoms with Crippen LogP contribution in [0.2, 0.25) is 0 Å². The number of carbonyl (C=O) groups is 1. The summed E-state index contributed by atoms with van der Waals surface area (Å²) in [6.07, 6.45) is 16.6. The maximum Gasteiger partial charge on any atom is 0.220 e. The van der Waals surface area contributed by atoms with Gasteiger partial charge in [0.05, 0.1) is 17.8 Å². The molecule has 5 nitrogen and oxygen atoms in total. The summed E-state index contributed by atoms with van der Waals surface area (Å²) in [5.41, 5.74) is 4.22. The van der Waals surface area contributed by atoms with E-state index in [0.29, 0.717) is 46.6 Å². The van der Waals surface area contributed by atoms with Crippen LogP contribution in [0.4, 0.5) is 0 Å². The van der Waals surface area contributed by atoms with E-state index in [1.807, 2.05) is 18.2 Å². The van der Waals surface area contributed by atoms with E-state index in [2.05, 4.69) is 42.3 Å². The lowest BCUT2D eigenvalue weighted by Crippen LogP contribution is -2.64. The van der Waals surface area contributed by atoms with Crippen molar-refractivity contribution in [2.24, 2.45) is 45.8 Å². The third-order valence-electron chi connectivity index (χ3n) is 15.2. The minimum atomic E-state index is -0.121. The van der Waals surface area contributed by atoms with Crippen molar-refractivity contribution < 1.29 is 14.6 Å². The molecule has 43 heavy (non-hydrogen) atoms. The Balaban J connectivity index is 0.890. The molecule has 1 aromatic carbocycles. The zero-order chi connectivity index (χ0) is 29.2. The fourth-order valence-electron chi connectivity index (χ4n) is 13.5. The number of piperidine rings is 1. The predicted molar refractivity (Wildman–Crippen MR) is 167 cm³/mol. The molecule has 1 amide bonds. The van der Waals surface area contributed by atoms with Gasteiger partial charge >= 0.3 is 0 Å². The molecule has 0 bridgehead atoms. The van der Waals surface area contributed by atoms with Crippen molar-refractivity contribution in [3.63, 3.8) is 0 Å². The van der Waals surface area contributed by atoms with Gasteiger partial charge in [-0.1, -0.05) is 55.8 Å². The van der Waals surface area contributed by atoms with Crippen LogP contribution in [0, 0.1) is 45.8 Å². The first-order valence-electron chi connectivity index (χ1n) is 17.9. The summed E-state index contributed by atoms with van der Waals surface area (Å²) in [5, 5.41) is 13.7. The van der Waals surface area contributed by atoms with Gasteiger partial charge < -0.3 is 15.2 Å². The van der Waals surface area contributed by atoms with Gasteiger partial charge in [0.1, 0.15) is 0 Å². The number of hydrogen-bond donors (Lipinski definition) is 2. The molecule has 2 aliphatic heterocycles. The lowest BCUT2D eigenvalue weighted by atomic mass is 9.47. The molecule has 6 aliphatic carbocycles. The molecule has 232 valence electrons. The first-order valence-corrected chi connectivity index (χ1v) is 17.9. The minimum absolute atomic E-state index is 0.119. The molecule has 0 radical (unpaired) electrons. The molecule has 1 aromatic rings. The van der Waals surface area contributed by atoms with Crippen molar-refractivity contribution in [2.45, 2.75) is 115 Å². The number of nitrogens with zero attached hydrogens (tertiary/aromatic N) is 1. The summed E-state index contributed by atoms with van der Waals surface area (Å²) in [7, 11) is 0. The van der Waals surface area contributed by atoms with E-state index in [1.54, 1.807) is 5.57 Å². The molecular weight excluding hydrogens is 532 g/mol. The molecular formula is C38H52N2O3. The largest absolute Gasteiger partial charge is 0.393 e. The number of aliphatic hydroxyl groups is 1. The fraction of sp³-hybridized carbons (Fsp3) is 0.763. The first-order chi connectivity index (χ1) is 20.8. The van der Waals surface area contributed by atoms with Gasteiger partial charge in [-0.05, 0) is 111 Å². The summed E-state index contributed by atoms with van der Waals surface area (Å²) in [4.78, 5) is 15.4. The number of ether oxygens (including phenoxy) is 1. The number of aryl methyl sites for hydroxylation is 1. The quantitative estimate of drug-likeness (QED) is 0.409. The third-order valence-corrected chi connectivity index (χ3v) is 15.2. The number of rotatable bonds is 6. The molecule has 5 saturated carbocycles. The van der Waals surface area contributed by atoms with Crippen LogP contribution in [-0.4, -0.2) is 59.4 Å². The van der Waals surface area contributed by atoms with E-state index < -0.39 is 0 Å². The van der Waals surface area contributed by atoms with E-state index in [-0.39, 0.29) is 17.6 Å². The molecule has 5 heteroatoms. The van der Waals surface area contributed by atoms with E-state index in [0.717, 1.165) is 56.7 Å². The number of benzene rings is 1. The van der Waals surface area contributed by atoms with Crippen molar-refractivity contribution in [3.8, 4) is 0 Å². The number of nitrogens with one attached hydrogen (secondary N) is 1. The Morgan fingerprint density at radius 1 is 1.12 bits per heavy atom.